The van der Waals surface area contributed by atoms with Crippen LogP contribution in [0.25, 0.3) is 0 Å². The van der Waals surface area contributed by atoms with Crippen molar-refractivity contribution in [2.75, 3.05) is 5.75 Å². The van der Waals surface area contributed by atoms with Crippen molar-refractivity contribution in [2.24, 2.45) is 0 Å². The molecule has 0 saturated heterocycles. The van der Waals surface area contributed by atoms with Crippen LogP contribution in [0.15, 0.2) is 28.7 Å². The molecule has 0 unspecified atom stereocenters. The van der Waals surface area contributed by atoms with Crippen LogP contribution in [-0.2, 0) is 5.75 Å². The zero-order valence-electron chi connectivity index (χ0n) is 7.51. The van der Waals surface area contributed by atoms with Gasteiger partial charge < -0.3 is 0 Å². The Morgan fingerprint density at radius 2 is 2.00 bits per heavy atom. The first-order chi connectivity index (χ1) is 6.33. The maximum atomic E-state index is 3.41. The summed E-state index contributed by atoms with van der Waals surface area (Å²) in [6, 6.07) is 8.41. The van der Waals surface area contributed by atoms with Crippen molar-refractivity contribution in [2.45, 2.75) is 12.7 Å². The molecule has 0 nitrogen and oxygen atoms in total. The van der Waals surface area contributed by atoms with Gasteiger partial charge in [0, 0.05) is 10.2 Å². The normalized spacial score (nSPS) is 9.08. The molecule has 1 aromatic carbocycles. The Labute approximate surface area is 92.2 Å². The molecule has 0 aliphatic carbocycles. The highest BCUT2D eigenvalue weighted by Crippen LogP contribution is 2.15. The van der Waals surface area contributed by atoms with Gasteiger partial charge in [-0.05, 0) is 24.6 Å². The summed E-state index contributed by atoms with van der Waals surface area (Å²) in [7, 11) is 0. The first-order valence-corrected chi connectivity index (χ1v) is 5.99. The van der Waals surface area contributed by atoms with Crippen LogP contribution < -0.4 is 0 Å². The molecule has 0 aliphatic rings. The highest BCUT2D eigenvalue weighted by Gasteiger charge is 1.91. The maximum absolute atomic E-state index is 3.41. The Hall–Kier alpha value is -0.390. The van der Waals surface area contributed by atoms with Gasteiger partial charge in [-0.15, -0.1) is 17.7 Å². The van der Waals surface area contributed by atoms with Crippen molar-refractivity contribution in [3.05, 3.63) is 34.3 Å². The van der Waals surface area contributed by atoms with Crippen LogP contribution in [0, 0.1) is 11.8 Å². The van der Waals surface area contributed by atoms with Crippen molar-refractivity contribution >= 4 is 27.7 Å². The molecule has 0 aromatic heterocycles. The molecule has 0 bridgehead atoms. The van der Waals surface area contributed by atoms with E-state index >= 15 is 0 Å². The van der Waals surface area contributed by atoms with E-state index in [2.05, 4.69) is 52.0 Å². The molecule has 0 amide bonds. The number of rotatable bonds is 3. The largest absolute Gasteiger partial charge is 0.144 e. The number of benzene rings is 1. The fourth-order valence-corrected chi connectivity index (χ4v) is 1.91. The van der Waals surface area contributed by atoms with E-state index in [-0.39, 0.29) is 0 Å². The lowest BCUT2D eigenvalue weighted by molar-refractivity contribution is 1.40. The minimum absolute atomic E-state index is 0.923. The number of hydrogen-bond acceptors (Lipinski definition) is 1. The van der Waals surface area contributed by atoms with E-state index in [0.29, 0.717) is 0 Å². The maximum Gasteiger partial charge on any atom is 0.0550 e. The molecule has 2 heteroatoms. The SMILES string of the molecule is CC#CCSCc1ccc(Br)cc1. The van der Waals surface area contributed by atoms with Gasteiger partial charge in [-0.2, -0.15) is 0 Å². The van der Waals surface area contributed by atoms with E-state index in [9.17, 15) is 0 Å². The van der Waals surface area contributed by atoms with Gasteiger partial charge in [-0.1, -0.05) is 34.0 Å². The molecule has 0 aliphatic heterocycles. The lowest BCUT2D eigenvalue weighted by Crippen LogP contribution is -1.80. The van der Waals surface area contributed by atoms with Crippen LogP contribution in [0.3, 0.4) is 0 Å². The van der Waals surface area contributed by atoms with Gasteiger partial charge >= 0.3 is 0 Å². The predicted octanol–water partition coefficient (Wildman–Crippen LogP) is 3.71. The van der Waals surface area contributed by atoms with Gasteiger partial charge in [0.25, 0.3) is 0 Å². The standard InChI is InChI=1S/C11H11BrS/c1-2-3-8-13-9-10-4-6-11(12)7-5-10/h4-7H,8-9H2,1H3. The van der Waals surface area contributed by atoms with Crippen LogP contribution in [0.1, 0.15) is 12.5 Å². The quantitative estimate of drug-likeness (QED) is 0.586. The van der Waals surface area contributed by atoms with Crippen LogP contribution in [-0.4, -0.2) is 5.75 Å². The lowest BCUT2D eigenvalue weighted by atomic mass is 10.2. The predicted molar refractivity (Wildman–Crippen MR) is 63.8 cm³/mol. The van der Waals surface area contributed by atoms with Crippen LogP contribution in [0.5, 0.6) is 0 Å². The van der Waals surface area contributed by atoms with Crippen molar-refractivity contribution in [3.8, 4) is 11.8 Å². The number of hydrogen-bond donors (Lipinski definition) is 0. The van der Waals surface area contributed by atoms with Gasteiger partial charge in [0.05, 0.1) is 5.75 Å². The van der Waals surface area contributed by atoms with E-state index in [1.54, 1.807) is 0 Å². The molecule has 13 heavy (non-hydrogen) atoms. The fourth-order valence-electron chi connectivity index (χ4n) is 0.873. The zero-order valence-corrected chi connectivity index (χ0v) is 9.91. The number of thioether (sulfide) groups is 1. The third-order valence-electron chi connectivity index (χ3n) is 1.53. The molecular weight excluding hydrogens is 244 g/mol. The Kier molecular flexibility index (Phi) is 5.03. The highest BCUT2D eigenvalue weighted by atomic mass is 79.9. The van der Waals surface area contributed by atoms with Crippen LogP contribution >= 0.6 is 27.7 Å². The molecular formula is C11H11BrS. The summed E-state index contributed by atoms with van der Waals surface area (Å²) in [6.07, 6.45) is 0. The third-order valence-corrected chi connectivity index (χ3v) is 2.95. The highest BCUT2D eigenvalue weighted by molar-refractivity contribution is 9.10. The molecule has 0 N–H and O–H groups in total. The second-order valence-electron chi connectivity index (χ2n) is 2.55. The summed E-state index contributed by atoms with van der Waals surface area (Å²) in [4.78, 5) is 0. The van der Waals surface area contributed by atoms with Crippen LogP contribution in [0.4, 0.5) is 0 Å². The molecule has 0 saturated carbocycles. The molecule has 0 radical (unpaired) electrons. The summed E-state index contributed by atoms with van der Waals surface area (Å²) in [5, 5.41) is 0. The molecule has 1 rings (SSSR count). The first kappa shape index (κ1) is 10.7. The topological polar surface area (TPSA) is 0 Å². The average Bonchev–Trinajstić information content (AvgIpc) is 2.15. The van der Waals surface area contributed by atoms with Crippen LogP contribution in [0.2, 0.25) is 0 Å². The van der Waals surface area contributed by atoms with E-state index in [1.807, 2.05) is 18.7 Å². The van der Waals surface area contributed by atoms with Gasteiger partial charge in [0.15, 0.2) is 0 Å². The second kappa shape index (κ2) is 6.12. The van der Waals surface area contributed by atoms with Crippen molar-refractivity contribution in [1.29, 1.82) is 0 Å². The molecule has 68 valence electrons. The molecule has 0 fully saturated rings. The summed E-state index contributed by atoms with van der Waals surface area (Å²) in [6.45, 7) is 1.88. The minimum atomic E-state index is 0.923. The summed E-state index contributed by atoms with van der Waals surface area (Å²) >= 11 is 5.26. The Balaban J connectivity index is 2.36. The Morgan fingerprint density at radius 3 is 2.62 bits per heavy atom. The molecule has 0 atom stereocenters. The summed E-state index contributed by atoms with van der Waals surface area (Å²) < 4.78 is 1.13. The van der Waals surface area contributed by atoms with E-state index in [4.69, 9.17) is 0 Å². The molecule has 0 heterocycles. The number of halogens is 1. The Bertz CT molecular complexity index is 305. The summed E-state index contributed by atoms with van der Waals surface area (Å²) in [5.74, 6) is 7.89. The summed E-state index contributed by atoms with van der Waals surface area (Å²) in [5.41, 5.74) is 1.35. The van der Waals surface area contributed by atoms with Crippen molar-refractivity contribution < 1.29 is 0 Å². The van der Waals surface area contributed by atoms with Gasteiger partial charge in [0.1, 0.15) is 0 Å². The van der Waals surface area contributed by atoms with E-state index < -0.39 is 0 Å². The Morgan fingerprint density at radius 1 is 1.31 bits per heavy atom. The van der Waals surface area contributed by atoms with Gasteiger partial charge in [-0.25, -0.2) is 0 Å². The van der Waals surface area contributed by atoms with Crippen molar-refractivity contribution in [3.63, 3.8) is 0 Å². The second-order valence-corrected chi connectivity index (χ2v) is 4.45. The van der Waals surface area contributed by atoms with Crippen molar-refractivity contribution in [1.82, 2.24) is 0 Å². The third kappa shape index (κ3) is 4.40. The van der Waals surface area contributed by atoms with E-state index in [1.165, 1.54) is 5.56 Å². The molecule has 1 aromatic rings. The van der Waals surface area contributed by atoms with E-state index in [0.717, 1.165) is 16.0 Å². The lowest BCUT2D eigenvalue weighted by Gasteiger charge is -1.98. The monoisotopic (exact) mass is 254 g/mol. The smallest absolute Gasteiger partial charge is 0.0550 e. The molecule has 0 spiro atoms. The van der Waals surface area contributed by atoms with Gasteiger partial charge in [-0.3, -0.25) is 0 Å². The zero-order chi connectivity index (χ0) is 9.52. The minimum Gasteiger partial charge on any atom is -0.144 e. The fraction of sp³-hybridized carbons (Fsp3) is 0.273. The average molecular weight is 255 g/mol. The van der Waals surface area contributed by atoms with Gasteiger partial charge in [0.2, 0.25) is 0 Å². The first-order valence-electron chi connectivity index (χ1n) is 4.04.